The molecule has 1 amide bonds. The lowest BCUT2D eigenvalue weighted by Gasteiger charge is -2.31. The van der Waals surface area contributed by atoms with Crippen LogP contribution in [0.25, 0.3) is 17.1 Å². The van der Waals surface area contributed by atoms with E-state index in [1.54, 1.807) is 18.2 Å². The van der Waals surface area contributed by atoms with Gasteiger partial charge in [0.1, 0.15) is 5.82 Å². The van der Waals surface area contributed by atoms with Gasteiger partial charge in [-0.05, 0) is 44.0 Å². The fourth-order valence-electron chi connectivity index (χ4n) is 4.34. The van der Waals surface area contributed by atoms with Crippen LogP contribution >= 0.6 is 0 Å². The first kappa shape index (κ1) is 23.7. The van der Waals surface area contributed by atoms with Gasteiger partial charge < -0.3 is 9.42 Å². The summed E-state index contributed by atoms with van der Waals surface area (Å²) in [7, 11) is 0. The number of likely N-dealkylation sites (tertiary alicyclic amines) is 1. The van der Waals surface area contributed by atoms with E-state index in [-0.39, 0.29) is 36.4 Å². The summed E-state index contributed by atoms with van der Waals surface area (Å²) in [5.74, 6) is -1.13. The van der Waals surface area contributed by atoms with Crippen LogP contribution < -0.4 is 0 Å². The number of carbonyl (C=O) groups excluding carboxylic acids is 1. The molecule has 2 aromatic heterocycles. The van der Waals surface area contributed by atoms with Gasteiger partial charge in [-0.15, -0.1) is 0 Å². The van der Waals surface area contributed by atoms with Crippen molar-refractivity contribution in [3.8, 4) is 17.1 Å². The van der Waals surface area contributed by atoms with Crippen molar-refractivity contribution in [1.82, 2.24) is 24.8 Å². The average molecular weight is 499 g/mol. The summed E-state index contributed by atoms with van der Waals surface area (Å²) in [6, 6.07) is 12.1. The predicted octanol–water partition coefficient (Wildman–Crippen LogP) is 5.41. The highest BCUT2D eigenvalue weighted by Crippen LogP contribution is 2.35. The molecule has 0 spiro atoms. The first-order valence-corrected chi connectivity index (χ1v) is 11.3. The third-order valence-electron chi connectivity index (χ3n) is 6.13. The Balaban J connectivity index is 1.40. The highest BCUT2D eigenvalue weighted by atomic mass is 19.4. The molecular formula is C25H21F4N5O2. The number of carbonyl (C=O) groups is 1. The van der Waals surface area contributed by atoms with E-state index >= 15 is 0 Å². The fraction of sp³-hybridized carbons (Fsp3) is 0.280. The molecule has 7 nitrogen and oxygen atoms in total. The third kappa shape index (κ3) is 4.60. The molecule has 1 atom stereocenters. The third-order valence-corrected chi connectivity index (χ3v) is 6.13. The summed E-state index contributed by atoms with van der Waals surface area (Å²) in [4.78, 5) is 19.0. The number of alkyl halides is 3. The van der Waals surface area contributed by atoms with Crippen LogP contribution in [0, 0.1) is 12.7 Å². The minimum absolute atomic E-state index is 0.108. The summed E-state index contributed by atoms with van der Waals surface area (Å²) >= 11 is 0. The van der Waals surface area contributed by atoms with Crippen molar-refractivity contribution in [2.45, 2.75) is 31.9 Å². The van der Waals surface area contributed by atoms with Gasteiger partial charge in [-0.2, -0.15) is 23.3 Å². The number of nitrogens with zero attached hydrogens (tertiary/aromatic N) is 5. The summed E-state index contributed by atoms with van der Waals surface area (Å²) in [6.07, 6.45) is -2.68. The number of piperidine rings is 1. The van der Waals surface area contributed by atoms with Gasteiger partial charge in [0.05, 0.1) is 23.4 Å². The molecule has 1 aliphatic heterocycles. The molecular weight excluding hydrogens is 478 g/mol. The van der Waals surface area contributed by atoms with Crippen molar-refractivity contribution >= 4 is 5.91 Å². The van der Waals surface area contributed by atoms with Gasteiger partial charge in [0.2, 0.25) is 11.7 Å². The predicted molar refractivity (Wildman–Crippen MR) is 121 cm³/mol. The topological polar surface area (TPSA) is 77.1 Å². The number of rotatable bonds is 4. The maximum absolute atomic E-state index is 14.1. The van der Waals surface area contributed by atoms with Gasteiger partial charge in [-0.25, -0.2) is 9.07 Å². The highest BCUT2D eigenvalue weighted by molar-refractivity contribution is 5.95. The molecule has 1 saturated heterocycles. The Morgan fingerprint density at radius 2 is 1.92 bits per heavy atom. The lowest BCUT2D eigenvalue weighted by molar-refractivity contribution is -0.143. The molecule has 1 fully saturated rings. The van der Waals surface area contributed by atoms with Crippen LogP contribution in [0.1, 0.15) is 46.3 Å². The van der Waals surface area contributed by atoms with Gasteiger partial charge in [0.15, 0.2) is 5.69 Å². The van der Waals surface area contributed by atoms with E-state index in [1.165, 1.54) is 35.2 Å². The molecule has 11 heteroatoms. The van der Waals surface area contributed by atoms with Crippen LogP contribution in [0.3, 0.4) is 0 Å². The Labute approximate surface area is 203 Å². The quantitative estimate of drug-likeness (QED) is 0.351. The zero-order chi connectivity index (χ0) is 25.4. The van der Waals surface area contributed by atoms with Crippen LogP contribution in [0.5, 0.6) is 0 Å². The molecule has 1 aliphatic rings. The number of hydrogen-bond donors (Lipinski definition) is 0. The number of halogens is 4. The molecule has 186 valence electrons. The lowest BCUT2D eigenvalue weighted by Crippen LogP contribution is -2.40. The van der Waals surface area contributed by atoms with Gasteiger partial charge in [0.25, 0.3) is 5.91 Å². The standard InChI is InChI=1S/C25H21F4N5O2/c1-15-7-9-19(10-8-15)34-21(25(27,28)29)20(13-30-34)24(35)33-11-3-5-17(14-33)23-31-22(32-36-23)16-4-2-6-18(26)12-16/h2,4,6-10,12-13,17H,3,5,11,14H2,1H3. The number of hydrogen-bond acceptors (Lipinski definition) is 5. The van der Waals surface area contributed by atoms with Crippen molar-refractivity contribution in [3.05, 3.63) is 83.3 Å². The maximum atomic E-state index is 14.1. The Bertz CT molecular complexity index is 1390. The number of aryl methyl sites for hydroxylation is 1. The molecule has 0 N–H and O–H groups in total. The Kier molecular flexibility index (Phi) is 6.07. The Morgan fingerprint density at radius 3 is 2.64 bits per heavy atom. The van der Waals surface area contributed by atoms with Crippen molar-refractivity contribution in [3.63, 3.8) is 0 Å². The monoisotopic (exact) mass is 499 g/mol. The average Bonchev–Trinajstić information content (AvgIpc) is 3.52. The first-order chi connectivity index (χ1) is 17.2. The maximum Gasteiger partial charge on any atom is 0.434 e. The normalized spacial score (nSPS) is 16.4. The molecule has 1 unspecified atom stereocenters. The molecule has 4 aromatic rings. The fourth-order valence-corrected chi connectivity index (χ4v) is 4.34. The largest absolute Gasteiger partial charge is 0.434 e. The number of amides is 1. The van der Waals surface area contributed by atoms with E-state index < -0.39 is 29.2 Å². The molecule has 3 heterocycles. The summed E-state index contributed by atoms with van der Waals surface area (Å²) in [5, 5.41) is 7.80. The summed E-state index contributed by atoms with van der Waals surface area (Å²) in [5.41, 5.74) is -0.109. The van der Waals surface area contributed by atoms with E-state index in [0.29, 0.717) is 18.4 Å². The minimum atomic E-state index is -4.80. The second-order valence-electron chi connectivity index (χ2n) is 8.71. The van der Waals surface area contributed by atoms with Crippen molar-refractivity contribution in [1.29, 1.82) is 0 Å². The molecule has 0 bridgehead atoms. The van der Waals surface area contributed by atoms with Crippen LogP contribution in [0.15, 0.2) is 59.3 Å². The van der Waals surface area contributed by atoms with Gasteiger partial charge in [-0.1, -0.05) is 35.0 Å². The second kappa shape index (κ2) is 9.21. The minimum Gasteiger partial charge on any atom is -0.339 e. The van der Waals surface area contributed by atoms with Crippen LogP contribution in [0.4, 0.5) is 17.6 Å². The van der Waals surface area contributed by atoms with Crippen LogP contribution in [0.2, 0.25) is 0 Å². The first-order valence-electron chi connectivity index (χ1n) is 11.3. The number of aromatic nitrogens is 4. The van der Waals surface area contributed by atoms with Crippen molar-refractivity contribution in [2.24, 2.45) is 0 Å². The summed E-state index contributed by atoms with van der Waals surface area (Å²) < 4.78 is 61.9. The number of benzene rings is 2. The SMILES string of the molecule is Cc1ccc(-n2ncc(C(=O)N3CCCC(c4nc(-c5cccc(F)c5)no4)C3)c2C(F)(F)F)cc1. The molecule has 2 aromatic carbocycles. The van der Waals surface area contributed by atoms with E-state index in [1.807, 2.05) is 6.92 Å². The molecule has 0 radical (unpaired) electrons. The second-order valence-corrected chi connectivity index (χ2v) is 8.71. The van der Waals surface area contributed by atoms with E-state index in [4.69, 9.17) is 4.52 Å². The molecule has 0 saturated carbocycles. The van der Waals surface area contributed by atoms with E-state index in [0.717, 1.165) is 16.4 Å². The highest BCUT2D eigenvalue weighted by Gasteiger charge is 2.42. The molecule has 0 aliphatic carbocycles. The van der Waals surface area contributed by atoms with Gasteiger partial charge >= 0.3 is 6.18 Å². The Morgan fingerprint density at radius 1 is 1.14 bits per heavy atom. The van der Waals surface area contributed by atoms with Gasteiger partial charge in [0, 0.05) is 18.7 Å². The Hall–Kier alpha value is -4.02. The van der Waals surface area contributed by atoms with Crippen LogP contribution in [-0.4, -0.2) is 43.8 Å². The molecule has 5 rings (SSSR count). The van der Waals surface area contributed by atoms with Crippen LogP contribution in [-0.2, 0) is 6.18 Å². The van der Waals surface area contributed by atoms with E-state index in [9.17, 15) is 22.4 Å². The summed E-state index contributed by atoms with van der Waals surface area (Å²) in [6.45, 7) is 2.22. The van der Waals surface area contributed by atoms with Gasteiger partial charge in [-0.3, -0.25) is 4.79 Å². The van der Waals surface area contributed by atoms with E-state index in [2.05, 4.69) is 15.2 Å². The molecule has 36 heavy (non-hydrogen) atoms. The smallest absolute Gasteiger partial charge is 0.339 e. The lowest BCUT2D eigenvalue weighted by atomic mass is 9.97. The zero-order valence-electron chi connectivity index (χ0n) is 19.2. The zero-order valence-corrected chi connectivity index (χ0v) is 19.2. The van der Waals surface area contributed by atoms with Crippen molar-refractivity contribution in [2.75, 3.05) is 13.1 Å². The van der Waals surface area contributed by atoms with Crippen molar-refractivity contribution < 1.29 is 26.9 Å².